The maximum absolute atomic E-state index is 12.9. The van der Waals surface area contributed by atoms with Crippen LogP contribution in [0.25, 0.3) is 0 Å². The third kappa shape index (κ3) is 6.21. The van der Waals surface area contributed by atoms with Crippen LogP contribution in [0.4, 0.5) is 32.0 Å². The summed E-state index contributed by atoms with van der Waals surface area (Å²) in [5.41, 5.74) is -2.83. The normalized spacial score (nSPS) is 30.2. The number of nitrogens with one attached hydrogen (secondary N) is 1. The van der Waals surface area contributed by atoms with Gasteiger partial charge in [-0.2, -0.15) is 34.8 Å². The van der Waals surface area contributed by atoms with Crippen molar-refractivity contribution in [2.24, 2.45) is 16.7 Å². The summed E-state index contributed by atoms with van der Waals surface area (Å²) in [5, 5.41) is 20.2. The number of allylic oxidation sites excluding steroid dienone is 2. The van der Waals surface area contributed by atoms with Gasteiger partial charge in [0.25, 0.3) is 5.60 Å². The quantitative estimate of drug-likeness (QED) is 0.0947. The molecule has 0 amide bonds. The van der Waals surface area contributed by atoms with E-state index >= 15 is 0 Å². The number of anilines is 1. The fourth-order valence-corrected chi connectivity index (χ4v) is 8.41. The highest BCUT2D eigenvalue weighted by Gasteiger charge is 2.69. The SMILES string of the molecule is C[C@]12CCC3c4ccc(NS(=O)(=O)O)cc4CCC3(C=CCCCCCCC(O)(C(F)(F)F)C(F)(F)F)C1CC[C@@H]2O. The van der Waals surface area contributed by atoms with Gasteiger partial charge in [0, 0.05) is 0 Å². The molecular weight excluding hydrogens is 588 g/mol. The molecule has 3 unspecified atom stereocenters. The summed E-state index contributed by atoms with van der Waals surface area (Å²) in [6.45, 7) is 2.14. The van der Waals surface area contributed by atoms with Crippen LogP contribution in [0.15, 0.2) is 30.4 Å². The molecule has 3 aliphatic carbocycles. The Morgan fingerprint density at radius 2 is 1.67 bits per heavy atom. The van der Waals surface area contributed by atoms with Crippen molar-refractivity contribution in [1.82, 2.24) is 0 Å². The van der Waals surface area contributed by atoms with E-state index in [-0.39, 0.29) is 34.8 Å². The average molecular weight is 628 g/mol. The zero-order chi connectivity index (χ0) is 31.2. The maximum atomic E-state index is 12.9. The minimum absolute atomic E-state index is 0.121. The summed E-state index contributed by atoms with van der Waals surface area (Å²) in [5.74, 6) is 0.337. The third-order valence-corrected chi connectivity index (χ3v) is 10.7. The van der Waals surface area contributed by atoms with Crippen molar-refractivity contribution in [3.05, 3.63) is 41.5 Å². The zero-order valence-corrected chi connectivity index (χ0v) is 24.3. The van der Waals surface area contributed by atoms with Gasteiger partial charge < -0.3 is 10.2 Å². The molecule has 0 saturated heterocycles. The molecule has 1 aromatic carbocycles. The lowest BCUT2D eigenvalue weighted by Gasteiger charge is -2.57. The molecule has 1 aromatic rings. The molecule has 0 aromatic heterocycles. The Labute approximate surface area is 242 Å². The Morgan fingerprint density at radius 3 is 2.31 bits per heavy atom. The molecule has 4 N–H and O–H groups in total. The van der Waals surface area contributed by atoms with Gasteiger partial charge in [-0.25, -0.2) is 0 Å². The summed E-state index contributed by atoms with van der Waals surface area (Å²) in [7, 11) is -4.41. The Kier molecular flexibility index (Phi) is 9.13. The van der Waals surface area contributed by atoms with E-state index in [1.165, 1.54) is 0 Å². The van der Waals surface area contributed by atoms with Crippen molar-refractivity contribution < 1.29 is 49.5 Å². The minimum atomic E-state index is -5.79. The third-order valence-electron chi connectivity index (χ3n) is 10.2. The number of aryl methyl sites for hydroxylation is 1. The highest BCUT2D eigenvalue weighted by Crippen LogP contribution is 2.67. The molecule has 0 spiro atoms. The van der Waals surface area contributed by atoms with Gasteiger partial charge in [-0.1, -0.05) is 38.0 Å². The zero-order valence-electron chi connectivity index (χ0n) is 23.4. The van der Waals surface area contributed by atoms with E-state index in [1.54, 1.807) is 12.1 Å². The Hall–Kier alpha value is -1.83. The molecule has 5 atom stereocenters. The first kappa shape index (κ1) is 33.1. The van der Waals surface area contributed by atoms with Gasteiger partial charge in [-0.15, -0.1) is 0 Å². The second-order valence-electron chi connectivity index (χ2n) is 12.6. The molecule has 6 nitrogen and oxygen atoms in total. The number of benzene rings is 1. The van der Waals surface area contributed by atoms with E-state index in [0.717, 1.165) is 36.8 Å². The van der Waals surface area contributed by atoms with Crippen LogP contribution in [0.5, 0.6) is 0 Å². The predicted molar refractivity (Wildman–Crippen MR) is 145 cm³/mol. The van der Waals surface area contributed by atoms with E-state index in [4.69, 9.17) is 0 Å². The summed E-state index contributed by atoms with van der Waals surface area (Å²) in [6.07, 6.45) is -3.20. The van der Waals surface area contributed by atoms with Crippen LogP contribution in [-0.2, 0) is 16.7 Å². The second kappa shape index (κ2) is 11.6. The largest absolute Gasteiger partial charge is 0.426 e. The standard InChI is InChI=1S/C29H39F6NO5S/c1-25-16-13-22-21-9-8-20(36-42(39,40)41)18-19(21)12-17-26(22,23(25)10-11-24(25)37)14-6-4-2-3-5-7-15-27(38,28(30,31)32)29(33,34)35/h6,8-9,14,18,22-24,36-38H,2-5,7,10-13,15-17H2,1H3,(H,39,40,41)/t22?,23?,24-,25-,26?/m0/s1. The summed E-state index contributed by atoms with van der Waals surface area (Å²) in [4.78, 5) is 0. The van der Waals surface area contributed by atoms with Crippen LogP contribution >= 0.6 is 0 Å². The lowest BCUT2D eigenvalue weighted by Crippen LogP contribution is -2.56. The van der Waals surface area contributed by atoms with Crippen molar-refractivity contribution in [2.45, 2.75) is 114 Å². The average Bonchev–Trinajstić information content (AvgIpc) is 3.17. The van der Waals surface area contributed by atoms with E-state index in [2.05, 4.69) is 17.7 Å². The van der Waals surface area contributed by atoms with Gasteiger partial charge in [-0.05, 0) is 110 Å². The number of alkyl halides is 6. The molecule has 4 rings (SSSR count). The van der Waals surface area contributed by atoms with Crippen LogP contribution in [0.1, 0.15) is 94.6 Å². The molecule has 0 bridgehead atoms. The summed E-state index contributed by atoms with van der Waals surface area (Å²) in [6, 6.07) is 5.27. The number of rotatable bonds is 10. The molecule has 3 aliphatic rings. The van der Waals surface area contributed by atoms with Crippen molar-refractivity contribution >= 4 is 16.0 Å². The smallest absolute Gasteiger partial charge is 0.393 e. The summed E-state index contributed by atoms with van der Waals surface area (Å²) < 4.78 is 111. The predicted octanol–water partition coefficient (Wildman–Crippen LogP) is 7.24. The monoisotopic (exact) mass is 627 g/mol. The van der Waals surface area contributed by atoms with Crippen molar-refractivity contribution in [3.8, 4) is 0 Å². The van der Waals surface area contributed by atoms with E-state index < -0.39 is 47.2 Å². The molecule has 42 heavy (non-hydrogen) atoms. The topological polar surface area (TPSA) is 107 Å². The lowest BCUT2D eigenvalue weighted by molar-refractivity contribution is -0.370. The van der Waals surface area contributed by atoms with Gasteiger partial charge in [0.2, 0.25) is 0 Å². The van der Waals surface area contributed by atoms with E-state index in [0.29, 0.717) is 32.1 Å². The number of unbranched alkanes of at least 4 members (excludes halogenated alkanes) is 4. The van der Waals surface area contributed by atoms with Gasteiger partial charge in [0.15, 0.2) is 0 Å². The Balaban J connectivity index is 1.44. The van der Waals surface area contributed by atoms with Gasteiger partial charge in [0.05, 0.1) is 11.8 Å². The van der Waals surface area contributed by atoms with Crippen molar-refractivity contribution in [2.75, 3.05) is 4.72 Å². The highest BCUT2D eigenvalue weighted by molar-refractivity contribution is 7.87. The van der Waals surface area contributed by atoms with Crippen LogP contribution in [0.2, 0.25) is 0 Å². The first-order valence-corrected chi connectivity index (χ1v) is 15.9. The molecule has 0 aliphatic heterocycles. The molecule has 2 fully saturated rings. The number of fused-ring (bicyclic) bond motifs is 5. The van der Waals surface area contributed by atoms with Crippen molar-refractivity contribution in [3.63, 3.8) is 0 Å². The first-order chi connectivity index (χ1) is 19.3. The highest BCUT2D eigenvalue weighted by atomic mass is 32.2. The number of aliphatic hydroxyl groups is 2. The Morgan fingerprint density at radius 1 is 1.00 bits per heavy atom. The Bertz CT molecular complexity index is 1250. The molecule has 0 heterocycles. The first-order valence-electron chi connectivity index (χ1n) is 14.4. The molecule has 0 radical (unpaired) electrons. The fourth-order valence-electron chi connectivity index (χ4n) is 7.99. The molecule has 2 saturated carbocycles. The second-order valence-corrected chi connectivity index (χ2v) is 13.7. The van der Waals surface area contributed by atoms with Crippen LogP contribution in [0.3, 0.4) is 0 Å². The maximum Gasteiger partial charge on any atom is 0.426 e. The van der Waals surface area contributed by atoms with Crippen LogP contribution < -0.4 is 4.72 Å². The minimum Gasteiger partial charge on any atom is -0.393 e. The summed E-state index contributed by atoms with van der Waals surface area (Å²) >= 11 is 0. The molecule has 13 heteroatoms. The number of halogens is 6. The van der Waals surface area contributed by atoms with Gasteiger partial charge in [-0.3, -0.25) is 9.27 Å². The van der Waals surface area contributed by atoms with Crippen LogP contribution in [0, 0.1) is 16.7 Å². The van der Waals surface area contributed by atoms with Gasteiger partial charge >= 0.3 is 22.7 Å². The van der Waals surface area contributed by atoms with Gasteiger partial charge in [0.1, 0.15) is 0 Å². The molecule has 238 valence electrons. The number of hydrogen-bond acceptors (Lipinski definition) is 4. The van der Waals surface area contributed by atoms with E-state index in [9.17, 15) is 49.5 Å². The van der Waals surface area contributed by atoms with E-state index in [1.807, 2.05) is 12.1 Å². The number of hydrogen-bond donors (Lipinski definition) is 4. The lowest BCUT2D eigenvalue weighted by atomic mass is 9.47. The van der Waals surface area contributed by atoms with Crippen molar-refractivity contribution in [1.29, 1.82) is 0 Å². The number of aliphatic hydroxyl groups excluding tert-OH is 1. The van der Waals surface area contributed by atoms with Crippen LogP contribution in [-0.4, -0.2) is 47.2 Å². The fraction of sp³-hybridized carbons (Fsp3) is 0.724. The molecular formula is C29H39F6NO5S.